The van der Waals surface area contributed by atoms with E-state index in [0.29, 0.717) is 38.2 Å². The predicted octanol–water partition coefficient (Wildman–Crippen LogP) is 4.03. The van der Waals surface area contributed by atoms with Gasteiger partial charge in [-0.1, -0.05) is 0 Å². The lowest BCUT2D eigenvalue weighted by molar-refractivity contribution is -0.147. The standard InChI is InChI=1S/C26H34F6N2O4/c1-23(2,37)24(6-5-18(10-24)34-21-15-3-4-20(35)19(21)13-38-12-15)22(36)33-11-14-7-16(25(27,28)29)9-17(8-14)26(30,31)32/h7-9,15,18-21,34-35,37H,3-6,10-13H2,1-2H3,(H,33,36)/t15?,18-,19?,20?,21?,24-/m1/s1. The van der Waals surface area contributed by atoms with Crippen molar-refractivity contribution in [3.8, 4) is 0 Å². The molecule has 38 heavy (non-hydrogen) atoms. The minimum Gasteiger partial charge on any atom is -0.393 e. The number of alkyl halides is 6. The second-order valence-corrected chi connectivity index (χ2v) is 11.5. The monoisotopic (exact) mass is 552 g/mol. The van der Waals surface area contributed by atoms with Gasteiger partial charge in [0.1, 0.15) is 0 Å². The fraction of sp³-hybridized carbons (Fsp3) is 0.731. The summed E-state index contributed by atoms with van der Waals surface area (Å²) < 4.78 is 85.0. The molecular weight excluding hydrogens is 518 g/mol. The van der Waals surface area contributed by atoms with Gasteiger partial charge < -0.3 is 25.6 Å². The molecule has 4 N–H and O–H groups in total. The number of amides is 1. The number of fused-ring (bicyclic) bond motifs is 2. The van der Waals surface area contributed by atoms with Gasteiger partial charge in [-0.15, -0.1) is 0 Å². The molecule has 4 rings (SSSR count). The highest BCUT2D eigenvalue weighted by Crippen LogP contribution is 2.48. The third kappa shape index (κ3) is 5.83. The number of ether oxygens (including phenoxy) is 1. The molecule has 2 bridgehead atoms. The van der Waals surface area contributed by atoms with E-state index in [1.165, 1.54) is 13.8 Å². The maximum Gasteiger partial charge on any atom is 0.416 e. The van der Waals surface area contributed by atoms with E-state index in [1.807, 2.05) is 0 Å². The third-order valence-electron chi connectivity index (χ3n) is 8.59. The first-order chi connectivity index (χ1) is 17.5. The largest absolute Gasteiger partial charge is 0.416 e. The van der Waals surface area contributed by atoms with Crippen molar-refractivity contribution in [2.24, 2.45) is 17.3 Å². The van der Waals surface area contributed by atoms with Crippen LogP contribution in [0.3, 0.4) is 0 Å². The molecule has 3 aliphatic rings. The minimum absolute atomic E-state index is 0.0101. The number of aliphatic hydroxyl groups is 2. The Hall–Kier alpha value is -1.89. The van der Waals surface area contributed by atoms with Crippen LogP contribution in [-0.4, -0.2) is 53.1 Å². The van der Waals surface area contributed by atoms with Crippen LogP contribution in [0.25, 0.3) is 0 Å². The van der Waals surface area contributed by atoms with Crippen LogP contribution in [-0.2, 0) is 28.4 Å². The Labute approximate surface area is 217 Å². The highest BCUT2D eigenvalue weighted by molar-refractivity contribution is 5.84. The van der Waals surface area contributed by atoms with E-state index in [4.69, 9.17) is 4.74 Å². The Morgan fingerprint density at radius 2 is 1.66 bits per heavy atom. The fourth-order valence-corrected chi connectivity index (χ4v) is 6.36. The predicted molar refractivity (Wildman–Crippen MR) is 125 cm³/mol. The Bertz CT molecular complexity index is 992. The number of hydrogen-bond donors (Lipinski definition) is 4. The van der Waals surface area contributed by atoms with Crippen LogP contribution in [0.15, 0.2) is 18.2 Å². The van der Waals surface area contributed by atoms with Crippen LogP contribution >= 0.6 is 0 Å². The quantitative estimate of drug-likeness (QED) is 0.401. The van der Waals surface area contributed by atoms with Gasteiger partial charge in [0.25, 0.3) is 0 Å². The van der Waals surface area contributed by atoms with E-state index in [-0.39, 0.29) is 48.4 Å². The lowest BCUT2D eigenvalue weighted by Crippen LogP contribution is -2.59. The van der Waals surface area contributed by atoms with Crippen molar-refractivity contribution in [3.05, 3.63) is 34.9 Å². The lowest BCUT2D eigenvalue weighted by atomic mass is 9.71. The second kappa shape index (κ2) is 10.3. The maximum atomic E-state index is 13.4. The van der Waals surface area contributed by atoms with Crippen molar-refractivity contribution in [2.45, 2.75) is 88.6 Å². The minimum atomic E-state index is -4.99. The molecule has 1 saturated heterocycles. The highest BCUT2D eigenvalue weighted by Gasteiger charge is 2.55. The molecule has 12 heteroatoms. The van der Waals surface area contributed by atoms with Gasteiger partial charge in [0, 0.05) is 24.5 Å². The van der Waals surface area contributed by atoms with Crippen molar-refractivity contribution in [1.82, 2.24) is 10.6 Å². The van der Waals surface area contributed by atoms with Crippen LogP contribution in [0.4, 0.5) is 26.3 Å². The van der Waals surface area contributed by atoms with E-state index in [9.17, 15) is 41.4 Å². The molecule has 1 amide bonds. The number of halogens is 6. The first kappa shape index (κ1) is 29.1. The average molecular weight is 553 g/mol. The van der Waals surface area contributed by atoms with Crippen molar-refractivity contribution >= 4 is 5.91 Å². The average Bonchev–Trinajstić information content (AvgIpc) is 3.24. The van der Waals surface area contributed by atoms with Gasteiger partial charge in [0.05, 0.1) is 41.5 Å². The number of hydrogen-bond acceptors (Lipinski definition) is 5. The SMILES string of the molecule is CC(C)(O)[C@]1(C(=O)NCc2cc(C(F)(F)F)cc(C(F)(F)F)c2)CC[C@@H](NC2C3CCC(O)C2COC3)C1. The number of carbonyl (C=O) groups is 1. The zero-order valence-electron chi connectivity index (χ0n) is 21.3. The molecule has 2 aliphatic carbocycles. The summed E-state index contributed by atoms with van der Waals surface area (Å²) >= 11 is 0. The number of benzene rings is 1. The zero-order chi connectivity index (χ0) is 28.1. The molecular formula is C26H34F6N2O4. The number of rotatable bonds is 6. The summed E-state index contributed by atoms with van der Waals surface area (Å²) in [6.45, 7) is 3.40. The number of aliphatic hydroxyl groups excluding tert-OH is 1. The summed E-state index contributed by atoms with van der Waals surface area (Å²) in [4.78, 5) is 13.4. The van der Waals surface area contributed by atoms with Crippen LogP contribution in [0, 0.1) is 17.3 Å². The summed E-state index contributed by atoms with van der Waals surface area (Å²) in [5, 5.41) is 27.5. The van der Waals surface area contributed by atoms with Gasteiger partial charge >= 0.3 is 12.4 Å². The lowest BCUT2D eigenvalue weighted by Gasteiger charge is -2.46. The second-order valence-electron chi connectivity index (χ2n) is 11.5. The number of carbonyl (C=O) groups excluding carboxylic acids is 1. The van der Waals surface area contributed by atoms with Crippen molar-refractivity contribution in [3.63, 3.8) is 0 Å². The molecule has 1 heterocycles. The molecule has 0 spiro atoms. The number of nitrogens with one attached hydrogen (secondary N) is 2. The Morgan fingerprint density at radius 1 is 1.03 bits per heavy atom. The molecule has 1 aromatic rings. The topological polar surface area (TPSA) is 90.8 Å². The van der Waals surface area contributed by atoms with Crippen LogP contribution in [0.1, 0.15) is 62.6 Å². The smallest absolute Gasteiger partial charge is 0.393 e. The van der Waals surface area contributed by atoms with Gasteiger partial charge in [0.15, 0.2) is 0 Å². The summed E-state index contributed by atoms with van der Waals surface area (Å²) in [6, 6.07) is 1.03. The molecule has 6 nitrogen and oxygen atoms in total. The highest BCUT2D eigenvalue weighted by atomic mass is 19.4. The first-order valence-electron chi connectivity index (χ1n) is 12.8. The zero-order valence-corrected chi connectivity index (χ0v) is 21.3. The van der Waals surface area contributed by atoms with E-state index in [2.05, 4.69) is 10.6 Å². The molecule has 0 aromatic heterocycles. The molecule has 2 saturated carbocycles. The Kier molecular flexibility index (Phi) is 7.85. The molecule has 4 unspecified atom stereocenters. The molecule has 1 aliphatic heterocycles. The maximum absolute atomic E-state index is 13.4. The normalized spacial score (nSPS) is 32.3. The van der Waals surface area contributed by atoms with Crippen molar-refractivity contribution in [1.29, 1.82) is 0 Å². The van der Waals surface area contributed by atoms with Gasteiger partial charge in [-0.25, -0.2) is 0 Å². The van der Waals surface area contributed by atoms with Gasteiger partial charge in [-0.3, -0.25) is 4.79 Å². The van der Waals surface area contributed by atoms with Crippen LogP contribution < -0.4 is 10.6 Å². The van der Waals surface area contributed by atoms with E-state index in [0.717, 1.165) is 6.42 Å². The molecule has 0 radical (unpaired) electrons. The van der Waals surface area contributed by atoms with Crippen LogP contribution in [0.5, 0.6) is 0 Å². The summed E-state index contributed by atoms with van der Waals surface area (Å²) in [5.74, 6) is -0.503. The summed E-state index contributed by atoms with van der Waals surface area (Å²) in [5.41, 5.74) is -6.07. The first-order valence-corrected chi connectivity index (χ1v) is 12.8. The van der Waals surface area contributed by atoms with Crippen molar-refractivity contribution in [2.75, 3.05) is 13.2 Å². The molecule has 3 fully saturated rings. The van der Waals surface area contributed by atoms with Gasteiger partial charge in [-0.05, 0) is 75.6 Å². The molecule has 1 aromatic carbocycles. The third-order valence-corrected chi connectivity index (χ3v) is 8.59. The summed E-state index contributed by atoms with van der Waals surface area (Å²) in [7, 11) is 0. The van der Waals surface area contributed by atoms with Crippen molar-refractivity contribution < 1.29 is 46.1 Å². The Morgan fingerprint density at radius 3 is 2.24 bits per heavy atom. The van der Waals surface area contributed by atoms with E-state index < -0.39 is 53.1 Å². The van der Waals surface area contributed by atoms with Crippen LogP contribution in [0.2, 0.25) is 0 Å². The molecule has 6 atom stereocenters. The van der Waals surface area contributed by atoms with Gasteiger partial charge in [-0.2, -0.15) is 26.3 Å². The fourth-order valence-electron chi connectivity index (χ4n) is 6.36. The molecule has 214 valence electrons. The Balaban J connectivity index is 1.50. The van der Waals surface area contributed by atoms with E-state index >= 15 is 0 Å². The van der Waals surface area contributed by atoms with E-state index in [1.54, 1.807) is 0 Å². The summed E-state index contributed by atoms with van der Waals surface area (Å²) in [6.07, 6.45) is -7.94. The van der Waals surface area contributed by atoms with Gasteiger partial charge in [0.2, 0.25) is 5.91 Å².